The first kappa shape index (κ1) is 4.29. The Balaban J connectivity index is 2.00. The maximum atomic E-state index is 1.50. The van der Waals surface area contributed by atoms with Gasteiger partial charge in [-0.15, -0.1) is 0 Å². The zero-order chi connectivity index (χ0) is 4.24. The SMILES string of the molecule is B1CCBCC1. The van der Waals surface area contributed by atoms with Crippen molar-refractivity contribution in [2.45, 2.75) is 25.3 Å². The summed E-state index contributed by atoms with van der Waals surface area (Å²) in [5.74, 6) is 0. The summed E-state index contributed by atoms with van der Waals surface area (Å²) in [5.41, 5.74) is 0. The lowest BCUT2D eigenvalue weighted by atomic mass is 9.49. The van der Waals surface area contributed by atoms with Gasteiger partial charge in [0.15, 0.2) is 0 Å². The first-order valence-corrected chi connectivity index (χ1v) is 3.00. The highest BCUT2D eigenvalue weighted by Crippen LogP contribution is 2.04. The van der Waals surface area contributed by atoms with E-state index in [1.165, 1.54) is 39.8 Å². The van der Waals surface area contributed by atoms with Gasteiger partial charge in [-0.05, 0) is 0 Å². The fourth-order valence-corrected chi connectivity index (χ4v) is 1.06. The largest absolute Gasteiger partial charge is 0.119 e. The minimum absolute atomic E-state index is 1.50. The highest BCUT2D eigenvalue weighted by molar-refractivity contribution is 6.48. The monoisotopic (exact) mass is 80.1 g/mol. The number of hydrogen-bond donors (Lipinski definition) is 0. The van der Waals surface area contributed by atoms with Crippen molar-refractivity contribution in [3.63, 3.8) is 0 Å². The molecule has 1 heterocycles. The summed E-state index contributed by atoms with van der Waals surface area (Å²) in [7, 11) is 3.00. The molecule has 0 bridgehead atoms. The van der Waals surface area contributed by atoms with Crippen LogP contribution in [-0.4, -0.2) is 14.6 Å². The molecule has 1 rings (SSSR count). The van der Waals surface area contributed by atoms with Gasteiger partial charge in [0.1, 0.15) is 14.6 Å². The molecule has 0 radical (unpaired) electrons. The maximum Gasteiger partial charge on any atom is 0.119 e. The predicted octanol–water partition coefficient (Wildman–Crippen LogP) is 0.546. The highest BCUT2D eigenvalue weighted by atomic mass is 13.7. The van der Waals surface area contributed by atoms with Crippen molar-refractivity contribution in [2.24, 2.45) is 0 Å². The summed E-state index contributed by atoms with van der Waals surface area (Å²) in [6.45, 7) is 0. The zero-order valence-electron chi connectivity index (χ0n) is 4.24. The molecule has 0 aromatic carbocycles. The zero-order valence-corrected chi connectivity index (χ0v) is 4.24. The average molecular weight is 79.7 g/mol. The van der Waals surface area contributed by atoms with Crippen molar-refractivity contribution in [1.82, 2.24) is 0 Å². The summed E-state index contributed by atoms with van der Waals surface area (Å²) >= 11 is 0. The third-order valence-electron chi connectivity index (χ3n) is 1.50. The molecule has 0 saturated carbocycles. The van der Waals surface area contributed by atoms with Crippen LogP contribution in [0.25, 0.3) is 0 Å². The summed E-state index contributed by atoms with van der Waals surface area (Å²) in [6.07, 6.45) is 6.00. The Labute approximate surface area is 40.8 Å². The lowest BCUT2D eigenvalue weighted by Gasteiger charge is -2.02. The normalized spacial score (nSPS) is 21.3. The Hall–Kier alpha value is 0.130. The van der Waals surface area contributed by atoms with Crippen LogP contribution in [0, 0.1) is 0 Å². The van der Waals surface area contributed by atoms with Gasteiger partial charge in [-0.25, -0.2) is 0 Å². The van der Waals surface area contributed by atoms with Gasteiger partial charge >= 0.3 is 0 Å². The predicted molar refractivity (Wildman–Crippen MR) is 33.5 cm³/mol. The summed E-state index contributed by atoms with van der Waals surface area (Å²) in [6, 6.07) is 0. The Morgan fingerprint density at radius 1 is 0.667 bits per heavy atom. The van der Waals surface area contributed by atoms with E-state index < -0.39 is 0 Å². The van der Waals surface area contributed by atoms with E-state index in [1.807, 2.05) is 0 Å². The van der Waals surface area contributed by atoms with E-state index in [1.54, 1.807) is 0 Å². The Bertz CT molecular complexity index is 21.0. The Morgan fingerprint density at radius 2 is 1.00 bits per heavy atom. The van der Waals surface area contributed by atoms with Crippen LogP contribution in [0.1, 0.15) is 0 Å². The molecule has 6 heavy (non-hydrogen) atoms. The molecular formula is C4H10B2. The quantitative estimate of drug-likeness (QED) is 0.372. The van der Waals surface area contributed by atoms with Crippen LogP contribution >= 0.6 is 0 Å². The summed E-state index contributed by atoms with van der Waals surface area (Å²) in [5, 5.41) is 0. The topological polar surface area (TPSA) is 0 Å². The van der Waals surface area contributed by atoms with E-state index in [4.69, 9.17) is 0 Å². The third-order valence-corrected chi connectivity index (χ3v) is 1.50. The molecule has 1 fully saturated rings. The van der Waals surface area contributed by atoms with E-state index in [2.05, 4.69) is 0 Å². The van der Waals surface area contributed by atoms with Crippen molar-refractivity contribution >= 4 is 14.6 Å². The Kier molecular flexibility index (Phi) is 1.67. The molecule has 0 unspecified atom stereocenters. The van der Waals surface area contributed by atoms with Crippen LogP contribution in [0.3, 0.4) is 0 Å². The van der Waals surface area contributed by atoms with Gasteiger partial charge in [-0.2, -0.15) is 0 Å². The molecule has 0 aliphatic carbocycles. The molecule has 1 saturated heterocycles. The van der Waals surface area contributed by atoms with Crippen molar-refractivity contribution in [3.8, 4) is 0 Å². The average Bonchev–Trinajstić information content (AvgIpc) is 1.72. The molecule has 0 amide bonds. The van der Waals surface area contributed by atoms with Gasteiger partial charge in [-0.1, -0.05) is 25.3 Å². The van der Waals surface area contributed by atoms with Gasteiger partial charge in [0.05, 0.1) is 0 Å². The first-order valence-electron chi connectivity index (χ1n) is 3.00. The van der Waals surface area contributed by atoms with Gasteiger partial charge in [0, 0.05) is 0 Å². The van der Waals surface area contributed by atoms with E-state index in [9.17, 15) is 0 Å². The lowest BCUT2D eigenvalue weighted by Crippen LogP contribution is -2.01. The second-order valence-electron chi connectivity index (χ2n) is 2.12. The van der Waals surface area contributed by atoms with Crippen LogP contribution in [0.4, 0.5) is 0 Å². The van der Waals surface area contributed by atoms with Crippen LogP contribution < -0.4 is 0 Å². The van der Waals surface area contributed by atoms with Gasteiger partial charge in [0.2, 0.25) is 0 Å². The van der Waals surface area contributed by atoms with E-state index >= 15 is 0 Å². The minimum Gasteiger partial charge on any atom is -0.0842 e. The Morgan fingerprint density at radius 3 is 1.17 bits per heavy atom. The molecule has 1 aliphatic rings. The second kappa shape index (κ2) is 2.33. The van der Waals surface area contributed by atoms with Gasteiger partial charge < -0.3 is 0 Å². The molecule has 0 atom stereocenters. The fourth-order valence-electron chi connectivity index (χ4n) is 1.06. The van der Waals surface area contributed by atoms with E-state index in [0.717, 1.165) is 0 Å². The third kappa shape index (κ3) is 1.08. The summed E-state index contributed by atoms with van der Waals surface area (Å²) < 4.78 is 0. The summed E-state index contributed by atoms with van der Waals surface area (Å²) in [4.78, 5) is 0. The van der Waals surface area contributed by atoms with Crippen molar-refractivity contribution in [2.75, 3.05) is 0 Å². The van der Waals surface area contributed by atoms with Crippen LogP contribution in [0.15, 0.2) is 0 Å². The molecule has 0 N–H and O–H groups in total. The molecular weight excluding hydrogens is 69.7 g/mol. The number of hydrogen-bond acceptors (Lipinski definition) is 0. The molecule has 0 nitrogen and oxygen atoms in total. The lowest BCUT2D eigenvalue weighted by molar-refractivity contribution is 1.25. The van der Waals surface area contributed by atoms with E-state index in [0.29, 0.717) is 0 Å². The highest BCUT2D eigenvalue weighted by Gasteiger charge is 1.99. The van der Waals surface area contributed by atoms with Crippen molar-refractivity contribution < 1.29 is 0 Å². The van der Waals surface area contributed by atoms with Crippen molar-refractivity contribution in [3.05, 3.63) is 0 Å². The van der Waals surface area contributed by atoms with Crippen molar-refractivity contribution in [1.29, 1.82) is 0 Å². The minimum atomic E-state index is 1.50. The molecule has 0 aromatic heterocycles. The van der Waals surface area contributed by atoms with Crippen LogP contribution in [0.5, 0.6) is 0 Å². The van der Waals surface area contributed by atoms with E-state index in [-0.39, 0.29) is 0 Å². The smallest absolute Gasteiger partial charge is 0.0842 e. The molecule has 0 spiro atoms. The fraction of sp³-hybridized carbons (Fsp3) is 1.00. The maximum absolute atomic E-state index is 1.50. The molecule has 1 aliphatic heterocycles. The molecule has 2 heteroatoms. The van der Waals surface area contributed by atoms with Gasteiger partial charge in [-0.3, -0.25) is 0 Å². The second-order valence-corrected chi connectivity index (χ2v) is 2.12. The molecule has 32 valence electrons. The standard InChI is InChI=1S/C4H10B2/c1-2-6-4-3-5-1/h5-6H,1-4H2. The first-order chi connectivity index (χ1) is 3.00. The molecule has 0 aromatic rings. The van der Waals surface area contributed by atoms with Crippen LogP contribution in [-0.2, 0) is 0 Å². The van der Waals surface area contributed by atoms with Gasteiger partial charge in [0.25, 0.3) is 0 Å². The number of rotatable bonds is 0. The van der Waals surface area contributed by atoms with Crippen LogP contribution in [0.2, 0.25) is 25.3 Å².